The van der Waals surface area contributed by atoms with Crippen molar-refractivity contribution in [1.29, 1.82) is 0 Å². The highest BCUT2D eigenvalue weighted by Gasteiger charge is 2.29. The van der Waals surface area contributed by atoms with E-state index < -0.39 is 0 Å². The topological polar surface area (TPSA) is 41.9 Å². The van der Waals surface area contributed by atoms with Gasteiger partial charge in [0, 0.05) is 17.8 Å². The largest absolute Gasteiger partial charge is 0.340 e. The van der Waals surface area contributed by atoms with E-state index in [1.165, 1.54) is 5.56 Å². The second-order valence-corrected chi connectivity index (χ2v) is 6.90. The first kappa shape index (κ1) is 14.6. The zero-order valence-electron chi connectivity index (χ0n) is 12.4. The van der Waals surface area contributed by atoms with E-state index in [0.717, 1.165) is 40.2 Å². The van der Waals surface area contributed by atoms with Gasteiger partial charge in [-0.1, -0.05) is 41.1 Å². The standard InChI is InChI=1S/C17H15ClN4S/c18-13-6-3-5-12(11-13)15-8-4-10-22(15)17-21-20-16(23-17)14-7-1-2-9-19-14/h1-3,5-7,9,11,15H,4,8,10H2/t15-/m1/s1. The second kappa shape index (κ2) is 6.26. The molecule has 4 rings (SSSR count). The van der Waals surface area contributed by atoms with E-state index in [1.54, 1.807) is 17.5 Å². The van der Waals surface area contributed by atoms with Gasteiger partial charge >= 0.3 is 0 Å². The van der Waals surface area contributed by atoms with Crippen LogP contribution in [0.4, 0.5) is 5.13 Å². The van der Waals surface area contributed by atoms with Crippen LogP contribution in [0.25, 0.3) is 10.7 Å². The molecule has 0 amide bonds. The summed E-state index contributed by atoms with van der Waals surface area (Å²) in [6.45, 7) is 0.994. The van der Waals surface area contributed by atoms with Gasteiger partial charge in [0.2, 0.25) is 5.13 Å². The third kappa shape index (κ3) is 2.94. The van der Waals surface area contributed by atoms with E-state index in [9.17, 15) is 0 Å². The van der Waals surface area contributed by atoms with Crippen molar-refractivity contribution in [2.45, 2.75) is 18.9 Å². The minimum Gasteiger partial charge on any atom is -0.340 e. The number of rotatable bonds is 3. The monoisotopic (exact) mass is 342 g/mol. The van der Waals surface area contributed by atoms with Crippen LogP contribution < -0.4 is 4.90 Å². The predicted molar refractivity (Wildman–Crippen MR) is 93.9 cm³/mol. The Morgan fingerprint density at radius 2 is 2.09 bits per heavy atom. The molecule has 4 nitrogen and oxygen atoms in total. The number of benzene rings is 1. The molecule has 3 heterocycles. The molecule has 1 aliphatic rings. The Hall–Kier alpha value is -1.98. The van der Waals surface area contributed by atoms with E-state index in [0.29, 0.717) is 6.04 Å². The van der Waals surface area contributed by atoms with Gasteiger partial charge in [-0.25, -0.2) is 0 Å². The van der Waals surface area contributed by atoms with E-state index >= 15 is 0 Å². The highest BCUT2D eigenvalue weighted by atomic mass is 35.5. The third-order valence-corrected chi connectivity index (χ3v) is 5.25. The fourth-order valence-corrected chi connectivity index (χ4v) is 4.08. The molecule has 0 spiro atoms. The summed E-state index contributed by atoms with van der Waals surface area (Å²) in [4.78, 5) is 6.68. The van der Waals surface area contributed by atoms with Crippen LogP contribution in [-0.2, 0) is 0 Å². The van der Waals surface area contributed by atoms with Crippen molar-refractivity contribution in [3.8, 4) is 10.7 Å². The Balaban J connectivity index is 1.63. The third-order valence-electron chi connectivity index (χ3n) is 4.03. The maximum Gasteiger partial charge on any atom is 0.209 e. The van der Waals surface area contributed by atoms with Gasteiger partial charge in [-0.3, -0.25) is 4.98 Å². The lowest BCUT2D eigenvalue weighted by Crippen LogP contribution is -2.22. The molecule has 0 unspecified atom stereocenters. The predicted octanol–water partition coefficient (Wildman–Crippen LogP) is 4.60. The van der Waals surface area contributed by atoms with Gasteiger partial charge in [-0.05, 0) is 42.7 Å². The van der Waals surface area contributed by atoms with Gasteiger partial charge in [0.1, 0.15) is 5.69 Å². The van der Waals surface area contributed by atoms with Crippen molar-refractivity contribution in [1.82, 2.24) is 15.2 Å². The number of hydrogen-bond acceptors (Lipinski definition) is 5. The molecular weight excluding hydrogens is 328 g/mol. The average molecular weight is 343 g/mol. The summed E-state index contributed by atoms with van der Waals surface area (Å²) in [7, 11) is 0. The van der Waals surface area contributed by atoms with Crippen molar-refractivity contribution in [3.63, 3.8) is 0 Å². The molecule has 23 heavy (non-hydrogen) atoms. The SMILES string of the molecule is Clc1cccc([C@H]2CCCN2c2nnc(-c3ccccn3)s2)c1. The molecule has 1 aromatic carbocycles. The van der Waals surface area contributed by atoms with Gasteiger partial charge < -0.3 is 4.90 Å². The zero-order chi connectivity index (χ0) is 15.6. The molecular formula is C17H15ClN4S. The van der Waals surface area contributed by atoms with E-state index in [1.807, 2.05) is 36.4 Å². The number of halogens is 1. The average Bonchev–Trinajstić information content (AvgIpc) is 3.25. The van der Waals surface area contributed by atoms with Gasteiger partial charge in [0.15, 0.2) is 5.01 Å². The molecule has 1 saturated heterocycles. The van der Waals surface area contributed by atoms with Crippen molar-refractivity contribution >= 4 is 28.1 Å². The molecule has 0 saturated carbocycles. The lowest BCUT2D eigenvalue weighted by atomic mass is 10.1. The molecule has 0 radical (unpaired) electrons. The first-order chi connectivity index (χ1) is 11.3. The molecule has 1 aliphatic heterocycles. The zero-order valence-corrected chi connectivity index (χ0v) is 14.0. The second-order valence-electron chi connectivity index (χ2n) is 5.51. The Morgan fingerprint density at radius 1 is 1.13 bits per heavy atom. The quantitative estimate of drug-likeness (QED) is 0.697. The molecule has 2 aromatic heterocycles. The summed E-state index contributed by atoms with van der Waals surface area (Å²) >= 11 is 7.74. The first-order valence-corrected chi connectivity index (χ1v) is 8.78. The van der Waals surface area contributed by atoms with Gasteiger partial charge in [-0.15, -0.1) is 10.2 Å². The minimum atomic E-state index is 0.318. The van der Waals surface area contributed by atoms with Crippen LogP contribution in [0.5, 0.6) is 0 Å². The summed E-state index contributed by atoms with van der Waals surface area (Å²) < 4.78 is 0. The molecule has 3 aromatic rings. The van der Waals surface area contributed by atoms with Crippen LogP contribution in [0.2, 0.25) is 5.02 Å². The van der Waals surface area contributed by atoms with Crippen molar-refractivity contribution in [2.75, 3.05) is 11.4 Å². The van der Waals surface area contributed by atoms with Crippen LogP contribution >= 0.6 is 22.9 Å². The van der Waals surface area contributed by atoms with E-state index in [4.69, 9.17) is 11.6 Å². The summed E-state index contributed by atoms with van der Waals surface area (Å²) in [6, 6.07) is 14.2. The number of nitrogens with zero attached hydrogens (tertiary/aromatic N) is 4. The molecule has 1 atom stereocenters. The number of hydrogen-bond donors (Lipinski definition) is 0. The minimum absolute atomic E-state index is 0.318. The van der Waals surface area contributed by atoms with Crippen LogP contribution in [0.15, 0.2) is 48.7 Å². The Bertz CT molecular complexity index is 805. The number of aromatic nitrogens is 3. The molecule has 1 fully saturated rings. The highest BCUT2D eigenvalue weighted by molar-refractivity contribution is 7.18. The van der Waals surface area contributed by atoms with Crippen LogP contribution in [0.1, 0.15) is 24.4 Å². The normalized spacial score (nSPS) is 17.6. The smallest absolute Gasteiger partial charge is 0.209 e. The maximum absolute atomic E-state index is 6.15. The van der Waals surface area contributed by atoms with Crippen molar-refractivity contribution in [3.05, 3.63) is 59.2 Å². The Kier molecular flexibility index (Phi) is 3.97. The number of anilines is 1. The van der Waals surface area contributed by atoms with Crippen molar-refractivity contribution < 1.29 is 0 Å². The van der Waals surface area contributed by atoms with Crippen molar-refractivity contribution in [2.24, 2.45) is 0 Å². The Morgan fingerprint density at radius 3 is 2.91 bits per heavy atom. The summed E-state index contributed by atoms with van der Waals surface area (Å²) in [5, 5.41) is 11.3. The molecule has 0 N–H and O–H groups in total. The molecule has 6 heteroatoms. The first-order valence-electron chi connectivity index (χ1n) is 7.58. The lowest BCUT2D eigenvalue weighted by molar-refractivity contribution is 0.714. The van der Waals surface area contributed by atoms with Crippen LogP contribution in [0, 0.1) is 0 Å². The number of pyridine rings is 1. The van der Waals surface area contributed by atoms with Gasteiger partial charge in [0.25, 0.3) is 0 Å². The summed E-state index contributed by atoms with van der Waals surface area (Å²) in [5.74, 6) is 0. The maximum atomic E-state index is 6.15. The lowest BCUT2D eigenvalue weighted by Gasteiger charge is -2.23. The van der Waals surface area contributed by atoms with E-state index in [-0.39, 0.29) is 0 Å². The Labute approximate surface area is 143 Å². The fourth-order valence-electron chi connectivity index (χ4n) is 2.98. The highest BCUT2D eigenvalue weighted by Crippen LogP contribution is 2.39. The molecule has 0 aliphatic carbocycles. The summed E-state index contributed by atoms with van der Waals surface area (Å²) in [6.07, 6.45) is 4.04. The molecule has 116 valence electrons. The van der Waals surface area contributed by atoms with Gasteiger partial charge in [0.05, 0.1) is 6.04 Å². The fraction of sp³-hybridized carbons (Fsp3) is 0.235. The van der Waals surface area contributed by atoms with Gasteiger partial charge in [-0.2, -0.15) is 0 Å². The van der Waals surface area contributed by atoms with Crippen LogP contribution in [0.3, 0.4) is 0 Å². The van der Waals surface area contributed by atoms with E-state index in [2.05, 4.69) is 26.1 Å². The molecule has 0 bridgehead atoms. The van der Waals surface area contributed by atoms with Crippen LogP contribution in [-0.4, -0.2) is 21.7 Å². The summed E-state index contributed by atoms with van der Waals surface area (Å²) in [5.41, 5.74) is 2.11.